The van der Waals surface area contributed by atoms with Crippen molar-refractivity contribution in [2.45, 2.75) is 19.3 Å². The van der Waals surface area contributed by atoms with Crippen molar-refractivity contribution in [1.29, 1.82) is 0 Å². The molecule has 1 aliphatic heterocycles. The highest BCUT2D eigenvalue weighted by atomic mass is 79.9. The van der Waals surface area contributed by atoms with Crippen LogP contribution in [0.2, 0.25) is 0 Å². The molecule has 4 heteroatoms. The lowest BCUT2D eigenvalue weighted by molar-refractivity contribution is 0.0991. The van der Waals surface area contributed by atoms with Gasteiger partial charge in [-0.3, -0.25) is 4.79 Å². The second-order valence-electron chi connectivity index (χ2n) is 5.20. The Morgan fingerprint density at radius 2 is 2.14 bits per heavy atom. The van der Waals surface area contributed by atoms with Crippen LogP contribution in [0.15, 0.2) is 40.9 Å². The van der Waals surface area contributed by atoms with E-state index >= 15 is 0 Å². The number of rotatable bonds is 3. The highest BCUT2D eigenvalue weighted by Gasteiger charge is 2.18. The number of ketones is 1. The quantitative estimate of drug-likeness (QED) is 0.835. The third kappa shape index (κ3) is 3.00. The molecule has 0 saturated carbocycles. The van der Waals surface area contributed by atoms with Crippen LogP contribution in [-0.4, -0.2) is 12.3 Å². The molecule has 2 aromatic carbocycles. The number of Topliss-reactive ketones (excluding diaryl/α,β-unsaturated/α-hetero) is 1. The van der Waals surface area contributed by atoms with Gasteiger partial charge in [0.15, 0.2) is 5.78 Å². The number of hydrogen-bond donors (Lipinski definition) is 1. The van der Waals surface area contributed by atoms with Crippen LogP contribution >= 0.6 is 15.9 Å². The molecule has 0 saturated heterocycles. The van der Waals surface area contributed by atoms with Gasteiger partial charge in [0.25, 0.3) is 0 Å². The molecule has 0 unspecified atom stereocenters. The van der Waals surface area contributed by atoms with Crippen molar-refractivity contribution < 1.29 is 9.18 Å². The summed E-state index contributed by atoms with van der Waals surface area (Å²) in [5, 5.41) is 3.31. The van der Waals surface area contributed by atoms with Crippen molar-refractivity contribution in [3.63, 3.8) is 0 Å². The Bertz CT molecular complexity index is 699. The minimum absolute atomic E-state index is 0.0308. The van der Waals surface area contributed by atoms with Crippen LogP contribution in [0.5, 0.6) is 0 Å². The number of carbonyl (C=O) groups excluding carboxylic acids is 1. The van der Waals surface area contributed by atoms with Crippen LogP contribution in [0, 0.1) is 5.82 Å². The molecule has 1 heterocycles. The lowest BCUT2D eigenvalue weighted by atomic mass is 9.93. The number of hydrogen-bond acceptors (Lipinski definition) is 2. The van der Waals surface area contributed by atoms with Crippen molar-refractivity contribution in [2.24, 2.45) is 0 Å². The fraction of sp³-hybridized carbons (Fsp3) is 0.235. The summed E-state index contributed by atoms with van der Waals surface area (Å²) in [6.07, 6.45) is 2.01. The molecule has 21 heavy (non-hydrogen) atoms. The molecular formula is C17H15BrFNO. The van der Waals surface area contributed by atoms with Crippen LogP contribution in [0.1, 0.15) is 27.9 Å². The standard InChI is InChI=1S/C17H15BrFNO/c18-12-7-6-11(15(19)10-12)9-17(21)14-3-1-5-16-13(14)4-2-8-20-16/h1,3,5-7,10,20H,2,4,8-9H2. The number of nitrogens with one attached hydrogen (secondary N) is 1. The Kier molecular flexibility index (Phi) is 4.06. The number of halogens is 2. The summed E-state index contributed by atoms with van der Waals surface area (Å²) in [6.45, 7) is 0.936. The molecule has 0 atom stereocenters. The van der Waals surface area contributed by atoms with Crippen molar-refractivity contribution in [1.82, 2.24) is 0 Å². The molecular weight excluding hydrogens is 333 g/mol. The van der Waals surface area contributed by atoms with Crippen LogP contribution in [-0.2, 0) is 12.8 Å². The average Bonchev–Trinajstić information content (AvgIpc) is 2.49. The second kappa shape index (κ2) is 5.98. The van der Waals surface area contributed by atoms with E-state index in [0.717, 1.165) is 30.6 Å². The molecule has 0 aliphatic carbocycles. The first-order chi connectivity index (χ1) is 10.1. The maximum Gasteiger partial charge on any atom is 0.167 e. The Hall–Kier alpha value is -1.68. The molecule has 0 fully saturated rings. The van der Waals surface area contributed by atoms with Gasteiger partial charge in [-0.25, -0.2) is 4.39 Å². The molecule has 0 bridgehead atoms. The van der Waals surface area contributed by atoms with E-state index in [0.29, 0.717) is 15.6 Å². The summed E-state index contributed by atoms with van der Waals surface area (Å²) < 4.78 is 14.5. The van der Waals surface area contributed by atoms with Gasteiger partial charge in [-0.05, 0) is 42.2 Å². The Morgan fingerprint density at radius 1 is 1.29 bits per heavy atom. The van der Waals surface area contributed by atoms with E-state index in [2.05, 4.69) is 21.2 Å². The third-order valence-electron chi connectivity index (χ3n) is 3.76. The first-order valence-electron chi connectivity index (χ1n) is 6.98. The molecule has 1 N–H and O–H groups in total. The molecule has 0 radical (unpaired) electrons. The number of carbonyl (C=O) groups is 1. The van der Waals surface area contributed by atoms with Gasteiger partial charge in [0.05, 0.1) is 0 Å². The van der Waals surface area contributed by atoms with E-state index in [1.807, 2.05) is 18.2 Å². The summed E-state index contributed by atoms with van der Waals surface area (Å²) in [6, 6.07) is 10.5. The SMILES string of the molecule is O=C(Cc1ccc(Br)cc1F)c1cccc2c1CCCN2. The Morgan fingerprint density at radius 3 is 2.95 bits per heavy atom. The molecule has 108 valence electrons. The van der Waals surface area contributed by atoms with Gasteiger partial charge >= 0.3 is 0 Å². The first-order valence-corrected chi connectivity index (χ1v) is 7.77. The van der Waals surface area contributed by atoms with Crippen LogP contribution in [0.25, 0.3) is 0 Å². The van der Waals surface area contributed by atoms with Gasteiger partial charge in [0, 0.05) is 28.7 Å². The predicted octanol–water partition coefficient (Wildman–Crippen LogP) is 4.37. The lowest BCUT2D eigenvalue weighted by Gasteiger charge is -2.20. The van der Waals surface area contributed by atoms with Crippen molar-refractivity contribution in [3.8, 4) is 0 Å². The molecule has 3 rings (SSSR count). The zero-order valence-electron chi connectivity index (χ0n) is 11.5. The maximum absolute atomic E-state index is 13.9. The number of benzene rings is 2. The van der Waals surface area contributed by atoms with E-state index in [1.54, 1.807) is 12.1 Å². The normalized spacial score (nSPS) is 13.4. The van der Waals surface area contributed by atoms with Gasteiger partial charge in [-0.2, -0.15) is 0 Å². The summed E-state index contributed by atoms with van der Waals surface area (Å²) in [7, 11) is 0. The van der Waals surface area contributed by atoms with Gasteiger partial charge in [0.2, 0.25) is 0 Å². The van der Waals surface area contributed by atoms with Crippen LogP contribution in [0.4, 0.5) is 10.1 Å². The first kappa shape index (κ1) is 14.3. The monoisotopic (exact) mass is 347 g/mol. The minimum atomic E-state index is -0.347. The molecule has 0 amide bonds. The van der Waals surface area contributed by atoms with E-state index in [-0.39, 0.29) is 18.0 Å². The van der Waals surface area contributed by atoms with E-state index in [1.165, 1.54) is 6.07 Å². The summed E-state index contributed by atoms with van der Waals surface area (Å²) in [5.74, 6) is -0.377. The summed E-state index contributed by atoms with van der Waals surface area (Å²) in [4.78, 5) is 12.5. The van der Waals surface area contributed by atoms with Gasteiger partial charge < -0.3 is 5.32 Å². The molecule has 2 nitrogen and oxygen atoms in total. The summed E-state index contributed by atoms with van der Waals surface area (Å²) in [5.41, 5.74) is 3.24. The van der Waals surface area contributed by atoms with Crippen molar-refractivity contribution in [3.05, 3.63) is 63.4 Å². The largest absolute Gasteiger partial charge is 0.385 e. The third-order valence-corrected chi connectivity index (χ3v) is 4.25. The second-order valence-corrected chi connectivity index (χ2v) is 6.11. The average molecular weight is 348 g/mol. The smallest absolute Gasteiger partial charge is 0.167 e. The van der Waals surface area contributed by atoms with E-state index in [4.69, 9.17) is 0 Å². The Balaban J connectivity index is 1.89. The number of fused-ring (bicyclic) bond motifs is 1. The zero-order valence-corrected chi connectivity index (χ0v) is 13.0. The van der Waals surface area contributed by atoms with Crippen molar-refractivity contribution >= 4 is 27.4 Å². The van der Waals surface area contributed by atoms with Gasteiger partial charge in [-0.1, -0.05) is 34.1 Å². The van der Waals surface area contributed by atoms with Crippen molar-refractivity contribution in [2.75, 3.05) is 11.9 Å². The topological polar surface area (TPSA) is 29.1 Å². The highest BCUT2D eigenvalue weighted by Crippen LogP contribution is 2.26. The molecule has 0 spiro atoms. The Labute approximate surface area is 131 Å². The van der Waals surface area contributed by atoms with Gasteiger partial charge in [-0.15, -0.1) is 0 Å². The van der Waals surface area contributed by atoms with Crippen LogP contribution < -0.4 is 5.32 Å². The molecule has 0 aromatic heterocycles. The number of anilines is 1. The highest BCUT2D eigenvalue weighted by molar-refractivity contribution is 9.10. The van der Waals surface area contributed by atoms with Crippen LogP contribution in [0.3, 0.4) is 0 Å². The van der Waals surface area contributed by atoms with Gasteiger partial charge in [0.1, 0.15) is 5.82 Å². The fourth-order valence-electron chi connectivity index (χ4n) is 2.70. The molecule has 1 aliphatic rings. The van der Waals surface area contributed by atoms with E-state index in [9.17, 15) is 9.18 Å². The lowest BCUT2D eigenvalue weighted by Crippen LogP contribution is -2.16. The maximum atomic E-state index is 13.9. The van der Waals surface area contributed by atoms with E-state index < -0.39 is 0 Å². The zero-order chi connectivity index (χ0) is 14.8. The summed E-state index contributed by atoms with van der Waals surface area (Å²) >= 11 is 3.22. The fourth-order valence-corrected chi connectivity index (χ4v) is 3.04. The predicted molar refractivity (Wildman–Crippen MR) is 85.4 cm³/mol. The minimum Gasteiger partial charge on any atom is -0.385 e. The molecule has 2 aromatic rings.